The fourth-order valence-corrected chi connectivity index (χ4v) is 5.57. The first-order valence-electron chi connectivity index (χ1n) is 13.6. The summed E-state index contributed by atoms with van der Waals surface area (Å²) in [7, 11) is 0. The molecule has 0 bridgehead atoms. The molecular weight excluding hydrogens is 522 g/mol. The molecule has 2 aromatic rings. The zero-order valence-electron chi connectivity index (χ0n) is 22.6. The van der Waals surface area contributed by atoms with E-state index < -0.39 is 30.3 Å². The molecule has 2 aromatic carbocycles. The second kappa shape index (κ2) is 11.4. The minimum absolute atomic E-state index is 0.106. The number of rotatable bonds is 8. The summed E-state index contributed by atoms with van der Waals surface area (Å²) < 4.78 is 41.1. The first kappa shape index (κ1) is 27.8. The predicted molar refractivity (Wildman–Crippen MR) is 143 cm³/mol. The number of amides is 2. The molecule has 0 radical (unpaired) electrons. The van der Waals surface area contributed by atoms with Crippen molar-refractivity contribution in [2.24, 2.45) is 10.7 Å². The number of hydrogen-bond acceptors (Lipinski definition) is 7. The third kappa shape index (κ3) is 5.74. The molecule has 4 atom stereocenters. The zero-order valence-corrected chi connectivity index (χ0v) is 22.6. The predicted octanol–water partition coefficient (Wildman–Crippen LogP) is 4.48. The number of ether oxygens (including phenoxy) is 3. The second-order valence-electron chi connectivity index (χ2n) is 10.6. The first-order valence-corrected chi connectivity index (χ1v) is 13.6. The zero-order chi connectivity index (χ0) is 28.4. The van der Waals surface area contributed by atoms with Gasteiger partial charge in [0.1, 0.15) is 17.6 Å². The Balaban J connectivity index is 1.37. The maximum absolute atomic E-state index is 13.5. The van der Waals surface area contributed by atoms with Crippen LogP contribution in [0.4, 0.5) is 8.78 Å². The highest BCUT2D eigenvalue weighted by Gasteiger charge is 2.40. The Hall–Kier alpha value is -3.73. The van der Waals surface area contributed by atoms with Gasteiger partial charge in [0.05, 0.1) is 37.3 Å². The van der Waals surface area contributed by atoms with Gasteiger partial charge in [-0.1, -0.05) is 25.1 Å². The van der Waals surface area contributed by atoms with Crippen molar-refractivity contribution in [2.75, 3.05) is 13.2 Å². The van der Waals surface area contributed by atoms with Crippen LogP contribution in [0.1, 0.15) is 79.5 Å². The molecule has 3 aliphatic heterocycles. The van der Waals surface area contributed by atoms with Crippen molar-refractivity contribution in [3.8, 4) is 11.5 Å². The van der Waals surface area contributed by atoms with Crippen molar-refractivity contribution in [2.45, 2.75) is 76.3 Å². The van der Waals surface area contributed by atoms with Gasteiger partial charge in [-0.3, -0.25) is 14.5 Å². The number of alkyl halides is 2. The first-order chi connectivity index (χ1) is 19.2. The van der Waals surface area contributed by atoms with Crippen molar-refractivity contribution in [1.29, 1.82) is 0 Å². The van der Waals surface area contributed by atoms with Crippen LogP contribution in [0.25, 0.3) is 0 Å². The summed E-state index contributed by atoms with van der Waals surface area (Å²) >= 11 is 0. The van der Waals surface area contributed by atoms with Crippen molar-refractivity contribution < 1.29 is 32.6 Å². The minimum atomic E-state index is -2.85. The molecule has 0 aromatic heterocycles. The van der Waals surface area contributed by atoms with Crippen LogP contribution in [0.2, 0.25) is 0 Å². The maximum Gasteiger partial charge on any atom is 0.345 e. The lowest BCUT2D eigenvalue weighted by Gasteiger charge is -2.40. The molecule has 0 saturated carbocycles. The van der Waals surface area contributed by atoms with Crippen LogP contribution in [0.5, 0.6) is 11.5 Å². The molecule has 214 valence electrons. The van der Waals surface area contributed by atoms with E-state index in [0.29, 0.717) is 48.5 Å². The number of aliphatic imine (C=N–C) groups is 1. The highest BCUT2D eigenvalue weighted by molar-refractivity contribution is 6.00. The minimum Gasteiger partial charge on any atom is -0.493 e. The Morgan fingerprint density at radius 2 is 2.05 bits per heavy atom. The number of nitrogens with two attached hydrogens (primary N) is 1. The molecule has 40 heavy (non-hydrogen) atoms. The normalized spacial score (nSPS) is 25.8. The summed E-state index contributed by atoms with van der Waals surface area (Å²) in [5.74, 6) is 0.936. The third-order valence-corrected chi connectivity index (χ3v) is 7.86. The summed E-state index contributed by atoms with van der Waals surface area (Å²) in [4.78, 5) is 32.9. The van der Waals surface area contributed by atoms with E-state index in [1.807, 2.05) is 32.0 Å². The van der Waals surface area contributed by atoms with E-state index >= 15 is 0 Å². The number of nitrogens with zero attached hydrogens (tertiary/aromatic N) is 2. The number of carbonyl (C=O) groups is 2. The highest BCUT2D eigenvalue weighted by Crippen LogP contribution is 2.40. The second-order valence-corrected chi connectivity index (χ2v) is 10.6. The lowest BCUT2D eigenvalue weighted by Crippen LogP contribution is -2.52. The van der Waals surface area contributed by atoms with Crippen molar-refractivity contribution in [1.82, 2.24) is 10.2 Å². The summed E-state index contributed by atoms with van der Waals surface area (Å²) in [5, 5.41) is 3.08. The van der Waals surface area contributed by atoms with Gasteiger partial charge in [-0.2, -0.15) is 8.78 Å². The van der Waals surface area contributed by atoms with Gasteiger partial charge in [-0.05, 0) is 37.6 Å². The fourth-order valence-electron chi connectivity index (χ4n) is 5.57. The van der Waals surface area contributed by atoms with Gasteiger partial charge in [0, 0.05) is 36.0 Å². The van der Waals surface area contributed by atoms with Crippen LogP contribution < -0.4 is 20.5 Å². The van der Waals surface area contributed by atoms with Crippen LogP contribution in [0.3, 0.4) is 0 Å². The monoisotopic (exact) mass is 556 g/mol. The largest absolute Gasteiger partial charge is 0.493 e. The van der Waals surface area contributed by atoms with Crippen molar-refractivity contribution in [3.05, 3.63) is 59.2 Å². The summed E-state index contributed by atoms with van der Waals surface area (Å²) in [6, 6.07) is 11.7. The van der Waals surface area contributed by atoms with Gasteiger partial charge in [-0.15, -0.1) is 0 Å². The third-order valence-electron chi connectivity index (χ3n) is 7.86. The molecule has 0 spiro atoms. The molecule has 3 heterocycles. The molecule has 0 saturated heterocycles. The molecule has 0 unspecified atom stereocenters. The number of halogens is 2. The van der Waals surface area contributed by atoms with E-state index in [4.69, 9.17) is 15.2 Å². The number of guanidine groups is 1. The van der Waals surface area contributed by atoms with Crippen LogP contribution in [0.15, 0.2) is 47.5 Å². The van der Waals surface area contributed by atoms with Gasteiger partial charge in [-0.25, -0.2) is 4.99 Å². The topological polar surface area (TPSA) is 115 Å². The SMILES string of the molecule is CC[C@]1(C)CC(=O)N([C@@H]2CCOc3ccc(C(=O)N[C@@H]4C[C@@H](CCOC(F)F)Oc5ccccc54)cc32)C(N)=N1. The Labute approximate surface area is 231 Å². The number of benzene rings is 2. The molecule has 0 fully saturated rings. The molecule has 2 amide bonds. The molecular formula is C29H34F2N4O5. The summed E-state index contributed by atoms with van der Waals surface area (Å²) in [6.45, 7) is 1.29. The molecule has 3 N–H and O–H groups in total. The number of nitrogens with one attached hydrogen (secondary N) is 1. The lowest BCUT2D eigenvalue weighted by molar-refractivity contribution is -0.133. The van der Waals surface area contributed by atoms with E-state index in [1.54, 1.807) is 24.3 Å². The number of fused-ring (bicyclic) bond motifs is 2. The van der Waals surface area contributed by atoms with Crippen molar-refractivity contribution in [3.63, 3.8) is 0 Å². The van der Waals surface area contributed by atoms with E-state index in [2.05, 4.69) is 15.0 Å². The van der Waals surface area contributed by atoms with Gasteiger partial charge in [0.2, 0.25) is 5.91 Å². The Morgan fingerprint density at radius 1 is 1.25 bits per heavy atom. The van der Waals surface area contributed by atoms with E-state index in [0.717, 1.165) is 5.56 Å². The summed E-state index contributed by atoms with van der Waals surface area (Å²) in [6.07, 6.45) is 1.71. The summed E-state index contributed by atoms with van der Waals surface area (Å²) in [5.41, 5.74) is 7.68. The fraction of sp³-hybridized carbons (Fsp3) is 0.483. The standard InChI is InChI=1S/C29H34F2N4O5/c1-3-29(2)16-25(36)35(28(32)34-29)22-11-13-38-23-9-8-17(14-20(22)23)26(37)33-21-15-18(10-12-39-27(30)31)40-24-7-5-4-6-19(21)24/h4-9,14,18,21-22,27H,3,10-13,15-16H2,1-2H3,(H2,32,34)(H,33,37)/t18-,21-,22-,29-/m1/s1. The van der Waals surface area contributed by atoms with E-state index in [-0.39, 0.29) is 37.2 Å². The number of carbonyl (C=O) groups excluding carboxylic acids is 2. The maximum atomic E-state index is 13.5. The molecule has 0 aliphatic carbocycles. The number of para-hydroxylation sites is 1. The highest BCUT2D eigenvalue weighted by atomic mass is 19.3. The average Bonchev–Trinajstić information content (AvgIpc) is 2.92. The Bertz CT molecular complexity index is 1300. The molecule has 5 rings (SSSR count). The van der Waals surface area contributed by atoms with Gasteiger partial charge in [0.15, 0.2) is 5.96 Å². The lowest BCUT2D eigenvalue weighted by atomic mass is 9.90. The van der Waals surface area contributed by atoms with Crippen LogP contribution in [-0.2, 0) is 9.53 Å². The molecule has 9 nitrogen and oxygen atoms in total. The quantitative estimate of drug-likeness (QED) is 0.496. The van der Waals surface area contributed by atoms with Crippen LogP contribution in [-0.4, -0.2) is 54.1 Å². The molecule has 3 aliphatic rings. The Morgan fingerprint density at radius 3 is 2.80 bits per heavy atom. The number of hydrogen-bond donors (Lipinski definition) is 2. The van der Waals surface area contributed by atoms with E-state index in [1.165, 1.54) is 4.90 Å². The van der Waals surface area contributed by atoms with Crippen LogP contribution in [0, 0.1) is 0 Å². The van der Waals surface area contributed by atoms with E-state index in [9.17, 15) is 18.4 Å². The molecule has 11 heteroatoms. The average molecular weight is 557 g/mol. The van der Waals surface area contributed by atoms with Gasteiger partial charge < -0.3 is 25.3 Å². The van der Waals surface area contributed by atoms with Crippen molar-refractivity contribution >= 4 is 17.8 Å². The van der Waals surface area contributed by atoms with Gasteiger partial charge >= 0.3 is 6.61 Å². The smallest absolute Gasteiger partial charge is 0.345 e. The Kier molecular flexibility index (Phi) is 7.93. The van der Waals surface area contributed by atoms with Gasteiger partial charge in [0.25, 0.3) is 5.91 Å². The van der Waals surface area contributed by atoms with Crippen LogP contribution >= 0.6 is 0 Å².